The van der Waals surface area contributed by atoms with Crippen molar-refractivity contribution >= 4 is 57.7 Å². The fraction of sp³-hybridized carbons (Fsp3) is 0.0833. The third-order valence-electron chi connectivity index (χ3n) is 9.49. The molecule has 74 heavy (non-hydrogen) atoms. The molecule has 26 heteroatoms. The van der Waals surface area contributed by atoms with E-state index in [9.17, 15) is 56.7 Å². The largest absolute Gasteiger partial charge is 0.534 e. The lowest BCUT2D eigenvalue weighted by atomic mass is 10.1. The fourth-order valence-corrected chi connectivity index (χ4v) is 9.54. The van der Waals surface area contributed by atoms with Gasteiger partial charge < -0.3 is 18.8 Å². The molecule has 0 unspecified atom stereocenters. The number of aromatic hydroxyl groups is 1. The monoisotopic (exact) mass is 1080 g/mol. The van der Waals surface area contributed by atoms with Crippen molar-refractivity contribution in [3.05, 3.63) is 177 Å². The van der Waals surface area contributed by atoms with Gasteiger partial charge in [-0.2, -0.15) is 46.9 Å². The van der Waals surface area contributed by atoms with Crippen molar-refractivity contribution in [1.82, 2.24) is 29.9 Å². The van der Waals surface area contributed by atoms with E-state index >= 15 is 0 Å². The Bertz CT molecular complexity index is 3710. The number of para-hydroxylation sites is 3. The maximum Gasteiger partial charge on any atom is 0.534 e. The van der Waals surface area contributed by atoms with Gasteiger partial charge in [0.15, 0.2) is 5.75 Å². The zero-order chi connectivity index (χ0) is 52.6. The number of fused-ring (bicyclic) bond motifs is 2. The van der Waals surface area contributed by atoms with E-state index in [2.05, 4.69) is 34.1 Å². The molecule has 0 aliphatic heterocycles. The summed E-state index contributed by atoms with van der Waals surface area (Å²) in [6.45, 7) is 0. The Balaban J connectivity index is 0.000000186. The molecule has 9 aromatic rings. The number of phenols is 1. The standard InChI is InChI=1S/C20H12F3N3O4S.C19H13N3O2.C8H8F3NO4S2.CH4/c21-20(22,23)31(27,28)30-17-9-14(8-15-10-24-12-26-19(15)17)13-6-7-18(25-11-13)29-16-4-2-1-3-5-16;23-17-9-14(8-15-10-20-12-22-19(15)17)13-6-7-18(21-11-13)24-16-4-2-1-3-5-16;1-17(13,14)12(7-5-3-2-4-6-7)18(15,16)8(9,10)11;/h1-12H;1-12,23H;2-6H,1H3;1H4. The molecule has 0 saturated carbocycles. The second kappa shape index (κ2) is 22.5. The maximum atomic E-state index is 12.8. The second-order valence-electron chi connectivity index (χ2n) is 14.7. The summed E-state index contributed by atoms with van der Waals surface area (Å²) in [4.78, 5) is 24.2. The molecule has 4 aromatic heterocycles. The molecule has 0 radical (unpaired) electrons. The van der Waals surface area contributed by atoms with Crippen LogP contribution in [0.1, 0.15) is 7.43 Å². The highest BCUT2D eigenvalue weighted by Crippen LogP contribution is 2.36. The molecular weight excluding hydrogens is 1040 g/mol. The van der Waals surface area contributed by atoms with Crippen molar-refractivity contribution in [2.45, 2.75) is 18.4 Å². The summed E-state index contributed by atoms with van der Waals surface area (Å²) in [5.41, 5.74) is -8.88. The van der Waals surface area contributed by atoms with Crippen LogP contribution < -0.4 is 17.4 Å². The minimum absolute atomic E-state index is 0. The molecule has 0 fully saturated rings. The zero-order valence-corrected chi connectivity index (χ0v) is 39.4. The number of anilines is 1. The van der Waals surface area contributed by atoms with Gasteiger partial charge in [0, 0.05) is 58.8 Å². The molecule has 0 atom stereocenters. The first-order valence-corrected chi connectivity index (χ1v) is 25.1. The minimum atomic E-state index is -6.00. The van der Waals surface area contributed by atoms with Gasteiger partial charge in [-0.15, -0.1) is 0 Å². The van der Waals surface area contributed by atoms with E-state index in [0.717, 1.165) is 46.8 Å². The average Bonchev–Trinajstić information content (AvgIpc) is 3.34. The molecule has 0 spiro atoms. The highest BCUT2D eigenvalue weighted by atomic mass is 32.3. The van der Waals surface area contributed by atoms with Gasteiger partial charge >= 0.3 is 31.2 Å². The van der Waals surface area contributed by atoms with Crippen LogP contribution in [0.15, 0.2) is 177 Å². The first-order chi connectivity index (χ1) is 34.5. The smallest absolute Gasteiger partial charge is 0.506 e. The van der Waals surface area contributed by atoms with E-state index in [1.807, 2.05) is 48.5 Å². The Morgan fingerprint density at radius 1 is 0.514 bits per heavy atom. The van der Waals surface area contributed by atoms with Crippen molar-refractivity contribution in [3.63, 3.8) is 0 Å². The lowest BCUT2D eigenvalue weighted by molar-refractivity contribution is -0.0500. The number of phenolic OH excluding ortho intramolecular Hbond substituents is 1. The van der Waals surface area contributed by atoms with E-state index in [4.69, 9.17) is 9.47 Å². The summed E-state index contributed by atoms with van der Waals surface area (Å²) < 4.78 is 159. The molecule has 4 heterocycles. The molecule has 0 bridgehead atoms. The Morgan fingerprint density at radius 2 is 0.959 bits per heavy atom. The number of benzene rings is 5. The van der Waals surface area contributed by atoms with Gasteiger partial charge in [-0.25, -0.2) is 38.3 Å². The van der Waals surface area contributed by atoms with Crippen molar-refractivity contribution in [1.29, 1.82) is 0 Å². The number of hydrogen-bond acceptors (Lipinski definition) is 16. The van der Waals surface area contributed by atoms with Crippen LogP contribution in [0.2, 0.25) is 0 Å². The van der Waals surface area contributed by atoms with Gasteiger partial charge in [0.05, 0.1) is 11.9 Å². The predicted molar refractivity (Wildman–Crippen MR) is 261 cm³/mol. The molecule has 0 aliphatic carbocycles. The summed E-state index contributed by atoms with van der Waals surface area (Å²) in [6, 6.07) is 37.4. The van der Waals surface area contributed by atoms with Crippen LogP contribution in [0.3, 0.4) is 0 Å². The SMILES string of the molecule is C.CS(=O)(=O)N(c1ccccc1)S(=O)(=O)C(F)(F)F.O=S(=O)(Oc1cc(-c2ccc(Oc3ccccc3)nc2)cc2cncnc12)C(F)(F)F.Oc1cc(-c2ccc(Oc3ccccc3)nc2)cc2cncnc12. The summed E-state index contributed by atoms with van der Waals surface area (Å²) in [5, 5.41) is 11.2. The first-order valence-electron chi connectivity index (χ1n) is 20.4. The predicted octanol–water partition coefficient (Wildman–Crippen LogP) is 10.8. The van der Waals surface area contributed by atoms with Crippen LogP contribution in [-0.4, -0.2) is 77.5 Å². The number of aromatic nitrogens is 6. The van der Waals surface area contributed by atoms with Crippen LogP contribution in [0, 0.1) is 0 Å². The lowest BCUT2D eigenvalue weighted by Gasteiger charge is -2.22. The van der Waals surface area contributed by atoms with Crippen LogP contribution in [0.5, 0.6) is 34.8 Å². The van der Waals surface area contributed by atoms with E-state index in [0.29, 0.717) is 40.4 Å². The number of hydrogen-bond donors (Lipinski definition) is 1. The molecule has 0 saturated heterocycles. The Labute approximate surface area is 418 Å². The second-order valence-corrected chi connectivity index (χ2v) is 20.1. The van der Waals surface area contributed by atoms with Crippen molar-refractivity contribution in [3.8, 4) is 57.0 Å². The Morgan fingerprint density at radius 3 is 1.39 bits per heavy atom. The van der Waals surface area contributed by atoms with Crippen LogP contribution in [-0.2, 0) is 30.2 Å². The normalized spacial score (nSPS) is 11.7. The summed E-state index contributed by atoms with van der Waals surface area (Å²) in [7, 11) is -16.5. The third-order valence-corrected chi connectivity index (χ3v) is 13.9. The number of rotatable bonds is 11. The van der Waals surface area contributed by atoms with E-state index in [1.54, 1.807) is 67.0 Å². The molecular formula is C48H37F6N7O10S3. The first kappa shape index (κ1) is 54.8. The van der Waals surface area contributed by atoms with Gasteiger partial charge in [-0.3, -0.25) is 0 Å². The Kier molecular flexibility index (Phi) is 16.7. The average molecular weight is 1080 g/mol. The molecule has 0 aliphatic rings. The summed E-state index contributed by atoms with van der Waals surface area (Å²) in [5.74, 6) is 1.68. The minimum Gasteiger partial charge on any atom is -0.506 e. The molecule has 384 valence electrons. The van der Waals surface area contributed by atoms with Gasteiger partial charge in [-0.1, -0.05) is 62.0 Å². The molecule has 9 rings (SSSR count). The number of nitrogens with zero attached hydrogens (tertiary/aromatic N) is 7. The van der Waals surface area contributed by atoms with E-state index < -0.39 is 56.3 Å². The highest BCUT2D eigenvalue weighted by Gasteiger charge is 2.53. The van der Waals surface area contributed by atoms with Crippen LogP contribution >= 0.6 is 0 Å². The molecule has 0 amide bonds. The number of halogens is 6. The van der Waals surface area contributed by atoms with Gasteiger partial charge in [0.2, 0.25) is 21.8 Å². The van der Waals surface area contributed by atoms with Crippen LogP contribution in [0.4, 0.5) is 32.0 Å². The van der Waals surface area contributed by atoms with Gasteiger partial charge in [0.1, 0.15) is 40.9 Å². The van der Waals surface area contributed by atoms with E-state index in [-0.39, 0.29) is 24.1 Å². The topological polar surface area (TPSA) is 231 Å². The van der Waals surface area contributed by atoms with Crippen LogP contribution in [0.25, 0.3) is 44.1 Å². The maximum absolute atomic E-state index is 12.8. The van der Waals surface area contributed by atoms with Crippen molar-refractivity contribution in [2.75, 3.05) is 9.97 Å². The quantitative estimate of drug-likeness (QED) is 0.0721. The number of pyridine rings is 2. The van der Waals surface area contributed by atoms with Crippen molar-refractivity contribution in [2.24, 2.45) is 0 Å². The highest BCUT2D eigenvalue weighted by molar-refractivity contribution is 8.10. The summed E-state index contributed by atoms with van der Waals surface area (Å²) >= 11 is 0. The molecule has 17 nitrogen and oxygen atoms in total. The van der Waals surface area contributed by atoms with Crippen molar-refractivity contribution < 1.29 is 70.4 Å². The van der Waals surface area contributed by atoms with Gasteiger partial charge in [0.25, 0.3) is 0 Å². The Hall–Kier alpha value is -8.49. The zero-order valence-electron chi connectivity index (χ0n) is 37.0. The summed E-state index contributed by atoms with van der Waals surface area (Å²) in [6.07, 6.45) is 9.02. The third kappa shape index (κ3) is 13.3. The fourth-order valence-electron chi connectivity index (χ4n) is 6.31. The number of alkyl halides is 6. The number of ether oxygens (including phenoxy) is 2. The van der Waals surface area contributed by atoms with E-state index in [1.165, 1.54) is 36.9 Å². The van der Waals surface area contributed by atoms with Gasteiger partial charge in [-0.05, 0) is 83.9 Å². The molecule has 1 N–H and O–H groups in total. The molecule has 5 aromatic carbocycles. The number of sulfonamides is 2. The lowest BCUT2D eigenvalue weighted by Crippen LogP contribution is -2.44.